The van der Waals surface area contributed by atoms with Gasteiger partial charge in [0.1, 0.15) is 5.52 Å². The van der Waals surface area contributed by atoms with Crippen LogP contribution in [-0.4, -0.2) is 38.2 Å². The zero-order valence-electron chi connectivity index (χ0n) is 20.3. The van der Waals surface area contributed by atoms with Gasteiger partial charge in [-0.05, 0) is 48.9 Å². The highest BCUT2D eigenvalue weighted by molar-refractivity contribution is 6.06. The molecule has 1 fully saturated rings. The first-order chi connectivity index (χ1) is 17.6. The smallest absolute Gasteiger partial charge is 0.277 e. The maximum Gasteiger partial charge on any atom is 0.277 e. The zero-order chi connectivity index (χ0) is 24.6. The van der Waals surface area contributed by atoms with E-state index in [1.165, 1.54) is 0 Å². The van der Waals surface area contributed by atoms with E-state index in [9.17, 15) is 4.79 Å². The summed E-state index contributed by atoms with van der Waals surface area (Å²) in [6.45, 7) is 4.29. The van der Waals surface area contributed by atoms with Crippen LogP contribution in [0.4, 0.5) is 5.95 Å². The van der Waals surface area contributed by atoms with Crippen LogP contribution in [0.1, 0.15) is 25.3 Å². The molecule has 2 N–H and O–H groups in total. The van der Waals surface area contributed by atoms with Crippen molar-refractivity contribution in [1.29, 1.82) is 0 Å². The summed E-state index contributed by atoms with van der Waals surface area (Å²) in [5.41, 5.74) is 9.51. The van der Waals surface area contributed by atoms with Gasteiger partial charge in [-0.2, -0.15) is 0 Å². The number of aromatic nitrogens is 4. The second-order valence-electron chi connectivity index (χ2n) is 9.41. The Bertz CT molecular complexity index is 1720. The third-order valence-corrected chi connectivity index (χ3v) is 7.04. The van der Waals surface area contributed by atoms with Crippen LogP contribution in [0.25, 0.3) is 32.7 Å². The van der Waals surface area contributed by atoms with Crippen molar-refractivity contribution in [3.05, 3.63) is 76.8 Å². The molecule has 1 aliphatic heterocycles. The third kappa shape index (κ3) is 3.80. The van der Waals surface area contributed by atoms with Crippen LogP contribution < -0.4 is 16.2 Å². The fourth-order valence-electron chi connectivity index (χ4n) is 5.34. The van der Waals surface area contributed by atoms with Crippen LogP contribution in [0, 0.1) is 11.8 Å². The molecule has 4 heterocycles. The molecule has 1 unspecified atom stereocenters. The molecule has 6 rings (SSSR count). The summed E-state index contributed by atoms with van der Waals surface area (Å²) >= 11 is 0. The molecule has 0 radical (unpaired) electrons. The van der Waals surface area contributed by atoms with Crippen molar-refractivity contribution >= 4 is 38.7 Å². The van der Waals surface area contributed by atoms with Crippen molar-refractivity contribution in [1.82, 2.24) is 19.1 Å². The number of piperidine rings is 1. The molecule has 7 nitrogen and oxygen atoms in total. The lowest BCUT2D eigenvalue weighted by Crippen LogP contribution is -2.44. The maximum atomic E-state index is 13.9. The van der Waals surface area contributed by atoms with Gasteiger partial charge in [0.25, 0.3) is 5.56 Å². The van der Waals surface area contributed by atoms with E-state index in [4.69, 9.17) is 10.7 Å². The topological polar surface area (TPSA) is 82.0 Å². The van der Waals surface area contributed by atoms with Crippen molar-refractivity contribution in [3.8, 4) is 11.8 Å². The van der Waals surface area contributed by atoms with Crippen molar-refractivity contribution in [2.24, 2.45) is 5.73 Å². The van der Waals surface area contributed by atoms with Gasteiger partial charge in [0.15, 0.2) is 0 Å². The SMILES string of the molecule is CC#CCn1c(N2CCCC(N)C2)nc2ccn(Cc3cc4cccnc4c4ccccc34)c(=O)c21. The molecule has 1 aliphatic rings. The predicted molar refractivity (Wildman–Crippen MR) is 145 cm³/mol. The van der Waals surface area contributed by atoms with Gasteiger partial charge in [0.2, 0.25) is 5.95 Å². The lowest BCUT2D eigenvalue weighted by Gasteiger charge is -2.31. The summed E-state index contributed by atoms with van der Waals surface area (Å²) in [4.78, 5) is 25.5. The number of nitrogens with two attached hydrogens (primary N) is 1. The number of imidazole rings is 1. The second kappa shape index (κ2) is 9.14. The van der Waals surface area contributed by atoms with Crippen LogP contribution in [0.2, 0.25) is 0 Å². The molecule has 180 valence electrons. The summed E-state index contributed by atoms with van der Waals surface area (Å²) in [5, 5.41) is 3.25. The number of nitrogens with zero attached hydrogens (tertiary/aromatic N) is 5. The molecule has 7 heteroatoms. The minimum absolute atomic E-state index is 0.0687. The van der Waals surface area contributed by atoms with Gasteiger partial charge >= 0.3 is 0 Å². The predicted octanol–water partition coefficient (Wildman–Crippen LogP) is 3.90. The van der Waals surface area contributed by atoms with Gasteiger partial charge in [-0.3, -0.25) is 14.3 Å². The number of pyridine rings is 2. The quantitative estimate of drug-likeness (QED) is 0.314. The van der Waals surface area contributed by atoms with Crippen LogP contribution in [0.5, 0.6) is 0 Å². The van der Waals surface area contributed by atoms with Crippen LogP contribution in [0.3, 0.4) is 0 Å². The third-order valence-electron chi connectivity index (χ3n) is 7.04. The first kappa shape index (κ1) is 22.3. The first-order valence-corrected chi connectivity index (χ1v) is 12.4. The van der Waals surface area contributed by atoms with Crippen LogP contribution in [0.15, 0.2) is 65.7 Å². The van der Waals surface area contributed by atoms with Gasteiger partial charge < -0.3 is 15.2 Å². The molecule has 0 saturated carbocycles. The van der Waals surface area contributed by atoms with E-state index in [0.717, 1.165) is 59.1 Å². The van der Waals surface area contributed by atoms with Gasteiger partial charge in [-0.15, -0.1) is 5.92 Å². The minimum Gasteiger partial charge on any atom is -0.341 e. The van der Waals surface area contributed by atoms with Crippen molar-refractivity contribution < 1.29 is 0 Å². The second-order valence-corrected chi connectivity index (χ2v) is 9.41. The summed E-state index contributed by atoms with van der Waals surface area (Å²) < 4.78 is 3.74. The fraction of sp³-hybridized carbons (Fsp3) is 0.276. The molecular weight excluding hydrogens is 448 g/mol. The first-order valence-electron chi connectivity index (χ1n) is 12.4. The largest absolute Gasteiger partial charge is 0.341 e. The van der Waals surface area contributed by atoms with Crippen molar-refractivity contribution in [2.75, 3.05) is 18.0 Å². The Morgan fingerprint density at radius 2 is 2.00 bits per heavy atom. The molecule has 36 heavy (non-hydrogen) atoms. The average Bonchev–Trinajstić information content (AvgIpc) is 3.28. The molecule has 1 saturated heterocycles. The number of anilines is 1. The van der Waals surface area contributed by atoms with Crippen molar-refractivity contribution in [3.63, 3.8) is 0 Å². The Kier molecular flexibility index (Phi) is 5.67. The van der Waals surface area contributed by atoms with E-state index in [1.54, 1.807) is 4.57 Å². The molecule has 0 amide bonds. The normalized spacial score (nSPS) is 15.9. The summed E-state index contributed by atoms with van der Waals surface area (Å²) in [5.74, 6) is 6.88. The Hall–Kier alpha value is -4.15. The van der Waals surface area contributed by atoms with Gasteiger partial charge in [0, 0.05) is 42.3 Å². The van der Waals surface area contributed by atoms with E-state index >= 15 is 0 Å². The highest BCUT2D eigenvalue weighted by atomic mass is 16.1. The molecule has 1 atom stereocenters. The number of hydrogen-bond donors (Lipinski definition) is 1. The minimum atomic E-state index is -0.0687. The van der Waals surface area contributed by atoms with E-state index in [1.807, 2.05) is 48.1 Å². The Balaban J connectivity index is 1.49. The number of fused-ring (bicyclic) bond motifs is 4. The number of hydrogen-bond acceptors (Lipinski definition) is 5. The lowest BCUT2D eigenvalue weighted by molar-refractivity contribution is 0.496. The molecule has 0 spiro atoms. The molecule has 0 aliphatic carbocycles. The van der Waals surface area contributed by atoms with E-state index < -0.39 is 0 Å². The molecular formula is C29H28N6O. The van der Waals surface area contributed by atoms with Crippen LogP contribution in [-0.2, 0) is 13.1 Å². The van der Waals surface area contributed by atoms with Crippen LogP contribution >= 0.6 is 0 Å². The standard InChI is InChI=1S/C29H28N6O/c1-2-3-15-35-27-25(32-29(35)34-14-7-9-22(30)19-34)12-16-33(28(27)36)18-21-17-20-8-6-13-31-26(20)24-11-5-4-10-23(21)24/h4-6,8,10-13,16-17,22H,7,9,14-15,18-19,30H2,1H3. The zero-order valence-corrected chi connectivity index (χ0v) is 20.3. The maximum absolute atomic E-state index is 13.9. The highest BCUT2D eigenvalue weighted by Crippen LogP contribution is 2.28. The Morgan fingerprint density at radius 1 is 1.14 bits per heavy atom. The molecule has 5 aromatic rings. The number of benzene rings is 2. The van der Waals surface area contributed by atoms with Gasteiger partial charge in [-0.25, -0.2) is 4.98 Å². The van der Waals surface area contributed by atoms with E-state index in [2.05, 4.69) is 46.0 Å². The Labute approximate surface area is 209 Å². The van der Waals surface area contributed by atoms with Gasteiger partial charge in [0.05, 0.1) is 24.1 Å². The van der Waals surface area contributed by atoms with Gasteiger partial charge in [-0.1, -0.05) is 36.3 Å². The Morgan fingerprint density at radius 3 is 2.83 bits per heavy atom. The molecule has 0 bridgehead atoms. The summed E-state index contributed by atoms with van der Waals surface area (Å²) in [6.07, 6.45) is 5.69. The summed E-state index contributed by atoms with van der Waals surface area (Å²) in [6, 6.07) is 16.4. The number of rotatable bonds is 4. The average molecular weight is 477 g/mol. The van der Waals surface area contributed by atoms with Crippen molar-refractivity contribution in [2.45, 2.75) is 38.9 Å². The lowest BCUT2D eigenvalue weighted by atomic mass is 10.00. The molecule has 2 aromatic carbocycles. The highest BCUT2D eigenvalue weighted by Gasteiger charge is 2.24. The fourth-order valence-corrected chi connectivity index (χ4v) is 5.34. The van der Waals surface area contributed by atoms with E-state index in [-0.39, 0.29) is 11.6 Å². The molecule has 3 aromatic heterocycles. The summed E-state index contributed by atoms with van der Waals surface area (Å²) in [7, 11) is 0. The monoisotopic (exact) mass is 476 g/mol. The van der Waals surface area contributed by atoms with E-state index in [0.29, 0.717) is 24.1 Å².